The van der Waals surface area contributed by atoms with Gasteiger partial charge in [-0.2, -0.15) is 52.7 Å². The van der Waals surface area contributed by atoms with E-state index < -0.39 is 62.1 Å². The van der Waals surface area contributed by atoms with Crippen LogP contribution in [0.25, 0.3) is 8.25 Å². The minimum Gasteiger partial charge on any atom is -0.421 e. The Bertz CT molecular complexity index is 1960. The number of hydrogen-bond acceptors (Lipinski definition) is 12. The molecule has 0 saturated carbocycles. The Morgan fingerprint density at radius 1 is 0.368 bits per heavy atom. The van der Waals surface area contributed by atoms with Crippen molar-refractivity contribution in [3.63, 3.8) is 0 Å². The summed E-state index contributed by atoms with van der Waals surface area (Å²) < 4.78 is 227. The summed E-state index contributed by atoms with van der Waals surface area (Å²) in [6.45, 7) is 13.2. The van der Waals surface area contributed by atoms with Gasteiger partial charge in [-0.05, 0) is 25.7 Å². The number of halogens is 12. The molecular formula is C32H48Ag2F12N10O8S4. The van der Waals surface area contributed by atoms with Crippen molar-refractivity contribution in [2.75, 3.05) is 0 Å². The van der Waals surface area contributed by atoms with Gasteiger partial charge >= 0.3 is 66.8 Å². The molecule has 0 aliphatic rings. The average molecular weight is 1270 g/mol. The number of hydrogen-bond donors (Lipinski definition) is 0. The Morgan fingerprint density at radius 2 is 0.529 bits per heavy atom. The number of sulfonamides is 4. The fraction of sp³-hybridized carbons (Fsp3) is 0.625. The summed E-state index contributed by atoms with van der Waals surface area (Å²) in [6.07, 6.45) is 32.6. The molecule has 36 heteroatoms. The monoisotopic (exact) mass is 1270 g/mol. The second-order valence-corrected chi connectivity index (χ2v) is 19.3. The van der Waals surface area contributed by atoms with Crippen LogP contribution in [0, 0.1) is 0 Å². The van der Waals surface area contributed by atoms with Crippen LogP contribution in [0.3, 0.4) is 0 Å². The van der Waals surface area contributed by atoms with Gasteiger partial charge < -0.3 is 26.5 Å². The van der Waals surface area contributed by atoms with Gasteiger partial charge in [-0.15, -0.1) is 0 Å². The van der Waals surface area contributed by atoms with Crippen LogP contribution in [-0.2, 0) is 111 Å². The maximum atomic E-state index is 11.4. The molecule has 18 nitrogen and oxygen atoms in total. The summed E-state index contributed by atoms with van der Waals surface area (Å²) in [4.78, 5) is 15.8. The van der Waals surface area contributed by atoms with Crippen molar-refractivity contribution in [1.29, 1.82) is 0 Å². The summed E-state index contributed by atoms with van der Waals surface area (Å²) in [5.41, 5.74) is -24.8. The van der Waals surface area contributed by atoms with Crippen LogP contribution in [0.2, 0.25) is 0 Å². The largest absolute Gasteiger partial charge is 1.00 e. The average Bonchev–Trinajstić information content (AvgIpc) is 4.03. The molecule has 4 aromatic heterocycles. The standard InChI is InChI=1S/4C7H12N2.2C2F6NO4S2.2Ag/c4*1-2-3-5-9-6-4-8-7-9;2*3-1(4,5)14(10,11)9-15(12,13)2(6,7)8;;/h4*4,6-7H,2-3,5H2,1H3;;;;/q;;;;2*-1;2*+1. The molecule has 0 unspecified atom stereocenters. The van der Waals surface area contributed by atoms with E-state index in [1.165, 1.54) is 51.4 Å². The normalized spacial score (nSPS) is 12.0. The van der Waals surface area contributed by atoms with Crippen LogP contribution in [0.5, 0.6) is 0 Å². The topological polar surface area (TPSA) is 236 Å². The van der Waals surface area contributed by atoms with Crippen LogP contribution in [0.1, 0.15) is 79.1 Å². The van der Waals surface area contributed by atoms with Crippen molar-refractivity contribution in [3.8, 4) is 0 Å². The number of aryl methyl sites for hydroxylation is 4. The van der Waals surface area contributed by atoms with Gasteiger partial charge in [0.25, 0.3) is 0 Å². The molecule has 0 aliphatic heterocycles. The van der Waals surface area contributed by atoms with Crippen LogP contribution in [-0.4, -0.2) is 93.9 Å². The molecule has 0 aromatic carbocycles. The van der Waals surface area contributed by atoms with E-state index in [0.29, 0.717) is 0 Å². The van der Waals surface area contributed by atoms with Crippen molar-refractivity contribution >= 4 is 40.1 Å². The van der Waals surface area contributed by atoms with E-state index in [1.807, 2.05) is 74.9 Å². The van der Waals surface area contributed by atoms with Gasteiger partial charge in [-0.25, -0.2) is 53.6 Å². The van der Waals surface area contributed by atoms with Crippen molar-refractivity contribution in [2.24, 2.45) is 0 Å². The maximum Gasteiger partial charge on any atom is 1.00 e. The third kappa shape index (κ3) is 30.7. The quantitative estimate of drug-likeness (QED) is 0.0756. The second-order valence-electron chi connectivity index (χ2n) is 12.4. The van der Waals surface area contributed by atoms with E-state index in [9.17, 15) is 86.4 Å². The molecule has 0 atom stereocenters. The van der Waals surface area contributed by atoms with E-state index in [2.05, 4.69) is 65.9 Å². The fourth-order valence-electron chi connectivity index (χ4n) is 3.47. The first-order valence-corrected chi connectivity index (χ1v) is 24.5. The van der Waals surface area contributed by atoms with Gasteiger partial charge in [-0.1, -0.05) is 53.4 Å². The van der Waals surface area contributed by atoms with Gasteiger partial charge in [-0.3, -0.25) is 0 Å². The van der Waals surface area contributed by atoms with Gasteiger partial charge in [0.2, 0.25) is 0 Å². The molecule has 0 aliphatic carbocycles. The van der Waals surface area contributed by atoms with E-state index in [-0.39, 0.29) is 44.8 Å². The van der Waals surface area contributed by atoms with Crippen LogP contribution < -0.4 is 0 Å². The molecular weight excluding hydrogens is 1220 g/mol. The van der Waals surface area contributed by atoms with E-state index in [4.69, 9.17) is 0 Å². The molecule has 0 radical (unpaired) electrons. The van der Waals surface area contributed by atoms with E-state index in [1.54, 1.807) is 0 Å². The minimum atomic E-state index is -6.72. The van der Waals surface area contributed by atoms with E-state index in [0.717, 1.165) is 34.4 Å². The molecule has 0 fully saturated rings. The smallest absolute Gasteiger partial charge is 0.421 e. The zero-order valence-corrected chi connectivity index (χ0v) is 42.2. The Kier molecular flexibility index (Phi) is 35.6. The first-order valence-electron chi connectivity index (χ1n) is 18.7. The number of alkyl halides is 12. The maximum absolute atomic E-state index is 11.4. The number of rotatable bonds is 16. The van der Waals surface area contributed by atoms with Crippen LogP contribution >= 0.6 is 0 Å². The SMILES string of the molecule is CCCCn1ccnc1.CCCCn1ccnc1.CCCCn1ccnc1.CCCCn1ccnc1.O=S(=O)([N-]S(=O)(=O)C(F)(F)F)C(F)(F)F.O=S(=O)([N-]S(=O)(=O)C(F)(F)F)C(F)(F)F.[Ag+].[Ag+]. The first-order chi connectivity index (χ1) is 30.1. The molecule has 4 aromatic rings. The summed E-state index contributed by atoms with van der Waals surface area (Å²) in [5.74, 6) is 0. The molecule has 68 heavy (non-hydrogen) atoms. The van der Waals surface area contributed by atoms with Crippen molar-refractivity contribution in [2.45, 2.75) is 127 Å². The second kappa shape index (κ2) is 33.7. The number of aromatic nitrogens is 8. The molecule has 0 bridgehead atoms. The molecule has 4 rings (SSSR count). The van der Waals surface area contributed by atoms with Crippen molar-refractivity contribution in [1.82, 2.24) is 38.2 Å². The van der Waals surface area contributed by atoms with Gasteiger partial charge in [0.1, 0.15) is 0 Å². The molecule has 0 amide bonds. The molecule has 0 saturated heterocycles. The van der Waals surface area contributed by atoms with Gasteiger partial charge in [0, 0.05) is 75.8 Å². The molecule has 0 N–H and O–H groups in total. The number of unbranched alkanes of at least 4 members (excludes halogenated alkanes) is 4. The Labute approximate surface area is 417 Å². The van der Waals surface area contributed by atoms with Gasteiger partial charge in [0.05, 0.1) is 25.3 Å². The summed E-state index contributed by atoms with van der Waals surface area (Å²) in [7, 11) is -26.9. The predicted octanol–water partition coefficient (Wildman–Crippen LogP) is 8.85. The molecule has 0 spiro atoms. The summed E-state index contributed by atoms with van der Waals surface area (Å²) in [5, 5.41) is 0. The number of nitrogens with zero attached hydrogens (tertiary/aromatic N) is 10. The summed E-state index contributed by atoms with van der Waals surface area (Å²) >= 11 is 0. The fourth-order valence-corrected chi connectivity index (χ4v) is 6.89. The zero-order chi connectivity index (χ0) is 51.5. The Hall–Kier alpha value is -2.80. The first kappa shape index (κ1) is 71.7. The van der Waals surface area contributed by atoms with Gasteiger partial charge in [0.15, 0.2) is 40.1 Å². The van der Waals surface area contributed by atoms with Crippen molar-refractivity contribution in [3.05, 3.63) is 83.1 Å². The zero-order valence-electron chi connectivity index (χ0n) is 35.9. The molecule has 404 valence electrons. The minimum absolute atomic E-state index is 0. The number of imidazole rings is 4. The van der Waals surface area contributed by atoms with E-state index >= 15 is 0 Å². The van der Waals surface area contributed by atoms with Crippen molar-refractivity contribution < 1.29 is 131 Å². The summed E-state index contributed by atoms with van der Waals surface area (Å²) in [6, 6.07) is 0. The molecule has 4 heterocycles. The third-order valence-corrected chi connectivity index (χ3v) is 12.4. The predicted molar refractivity (Wildman–Crippen MR) is 215 cm³/mol. The Morgan fingerprint density at radius 3 is 0.632 bits per heavy atom. The van der Waals surface area contributed by atoms with Crippen LogP contribution in [0.4, 0.5) is 52.7 Å². The van der Waals surface area contributed by atoms with Crippen LogP contribution in [0.15, 0.2) is 74.9 Å². The third-order valence-electron chi connectivity index (χ3n) is 6.88. The Balaban J connectivity index is -0.000000364.